The molecule has 7 heteroatoms. The van der Waals surface area contributed by atoms with Crippen LogP contribution in [-0.2, 0) is 9.84 Å². The second-order valence-electron chi connectivity index (χ2n) is 3.66. The summed E-state index contributed by atoms with van der Waals surface area (Å²) in [6, 6.07) is 0. The van der Waals surface area contributed by atoms with Gasteiger partial charge in [-0.2, -0.15) is 0 Å². The minimum Gasteiger partial charge on any atom is -0.370 e. The average Bonchev–Trinajstić information content (AvgIpc) is 2.22. The number of nitrogens with zero attached hydrogens (tertiary/aromatic N) is 2. The van der Waals surface area contributed by atoms with Crippen LogP contribution in [0.2, 0.25) is 0 Å². The maximum Gasteiger partial charge on any atom is 0.148 e. The van der Waals surface area contributed by atoms with Crippen molar-refractivity contribution in [1.82, 2.24) is 9.97 Å². The van der Waals surface area contributed by atoms with Crippen LogP contribution in [-0.4, -0.2) is 42.7 Å². The molecule has 0 amide bonds. The third-order valence-corrected chi connectivity index (χ3v) is 4.37. The third kappa shape index (κ3) is 4.91. The summed E-state index contributed by atoms with van der Waals surface area (Å²) in [6.07, 6.45) is 2.73. The van der Waals surface area contributed by atoms with Crippen LogP contribution in [0.5, 0.6) is 0 Å². The molecule has 0 saturated carbocycles. The van der Waals surface area contributed by atoms with Crippen LogP contribution in [0.15, 0.2) is 11.4 Å². The molecule has 0 radical (unpaired) electrons. The first-order valence-electron chi connectivity index (χ1n) is 5.30. The first-order chi connectivity index (χ1) is 7.94. The van der Waals surface area contributed by atoms with Gasteiger partial charge in [-0.15, -0.1) is 11.8 Å². The highest BCUT2D eigenvalue weighted by molar-refractivity contribution is 8.00. The molecule has 17 heavy (non-hydrogen) atoms. The first kappa shape index (κ1) is 14.2. The Morgan fingerprint density at radius 1 is 1.41 bits per heavy atom. The van der Waals surface area contributed by atoms with E-state index in [2.05, 4.69) is 15.3 Å². The number of anilines is 1. The molecule has 0 fully saturated rings. The number of hydrogen-bond acceptors (Lipinski definition) is 6. The van der Waals surface area contributed by atoms with E-state index in [1.54, 1.807) is 0 Å². The fourth-order valence-corrected chi connectivity index (χ4v) is 3.39. The summed E-state index contributed by atoms with van der Waals surface area (Å²) in [5, 5.41) is 3.97. The highest BCUT2D eigenvalue weighted by Gasteiger charge is 2.08. The minimum atomic E-state index is -2.91. The Kier molecular flexibility index (Phi) is 5.20. The van der Waals surface area contributed by atoms with Crippen molar-refractivity contribution in [3.05, 3.63) is 11.9 Å². The van der Waals surface area contributed by atoms with Gasteiger partial charge in [-0.1, -0.05) is 0 Å². The lowest BCUT2D eigenvalue weighted by atomic mass is 10.3. The van der Waals surface area contributed by atoms with E-state index in [0.29, 0.717) is 5.75 Å². The van der Waals surface area contributed by atoms with E-state index in [0.717, 1.165) is 23.0 Å². The SMILES string of the molecule is CCNc1ncnc(SCCS(C)(=O)=O)c1C. The zero-order chi connectivity index (χ0) is 12.9. The van der Waals surface area contributed by atoms with Gasteiger partial charge >= 0.3 is 0 Å². The summed E-state index contributed by atoms with van der Waals surface area (Å²) in [4.78, 5) is 8.29. The van der Waals surface area contributed by atoms with E-state index in [1.807, 2.05) is 13.8 Å². The summed E-state index contributed by atoms with van der Waals surface area (Å²) in [5.41, 5.74) is 0.966. The van der Waals surface area contributed by atoms with E-state index in [-0.39, 0.29) is 5.75 Å². The molecule has 0 atom stereocenters. The van der Waals surface area contributed by atoms with Gasteiger partial charge < -0.3 is 5.32 Å². The molecule has 0 aliphatic carbocycles. The van der Waals surface area contributed by atoms with Crippen molar-refractivity contribution >= 4 is 27.4 Å². The lowest BCUT2D eigenvalue weighted by Gasteiger charge is -2.09. The van der Waals surface area contributed by atoms with Crippen molar-refractivity contribution in [2.45, 2.75) is 18.9 Å². The molecule has 0 aliphatic rings. The van der Waals surface area contributed by atoms with Crippen molar-refractivity contribution in [2.24, 2.45) is 0 Å². The van der Waals surface area contributed by atoms with Crippen LogP contribution in [0.1, 0.15) is 12.5 Å². The van der Waals surface area contributed by atoms with Gasteiger partial charge in [-0.3, -0.25) is 0 Å². The van der Waals surface area contributed by atoms with Crippen molar-refractivity contribution in [3.8, 4) is 0 Å². The number of hydrogen-bond donors (Lipinski definition) is 1. The predicted molar refractivity (Wildman–Crippen MR) is 71.4 cm³/mol. The zero-order valence-electron chi connectivity index (χ0n) is 10.2. The van der Waals surface area contributed by atoms with Gasteiger partial charge in [0.15, 0.2) is 0 Å². The van der Waals surface area contributed by atoms with Crippen molar-refractivity contribution < 1.29 is 8.42 Å². The number of thioether (sulfide) groups is 1. The number of sulfone groups is 1. The van der Waals surface area contributed by atoms with Gasteiger partial charge in [-0.05, 0) is 13.8 Å². The van der Waals surface area contributed by atoms with Crippen molar-refractivity contribution in [3.63, 3.8) is 0 Å². The topological polar surface area (TPSA) is 72.0 Å². The maximum atomic E-state index is 11.0. The Bertz CT molecular complexity index is 474. The van der Waals surface area contributed by atoms with Crippen LogP contribution in [0.3, 0.4) is 0 Å². The fraction of sp³-hybridized carbons (Fsp3) is 0.600. The van der Waals surface area contributed by atoms with Gasteiger partial charge in [0.1, 0.15) is 27.0 Å². The van der Waals surface area contributed by atoms with Gasteiger partial charge in [0.05, 0.1) is 5.75 Å². The zero-order valence-corrected chi connectivity index (χ0v) is 11.9. The largest absolute Gasteiger partial charge is 0.370 e. The summed E-state index contributed by atoms with van der Waals surface area (Å²) in [7, 11) is -2.91. The van der Waals surface area contributed by atoms with Gasteiger partial charge in [0, 0.05) is 24.1 Å². The highest BCUT2D eigenvalue weighted by Crippen LogP contribution is 2.23. The molecule has 0 spiro atoms. The lowest BCUT2D eigenvalue weighted by Crippen LogP contribution is -2.07. The lowest BCUT2D eigenvalue weighted by molar-refractivity contribution is 0.603. The van der Waals surface area contributed by atoms with Crippen molar-refractivity contribution in [2.75, 3.05) is 29.6 Å². The number of rotatable bonds is 6. The van der Waals surface area contributed by atoms with Gasteiger partial charge in [0.25, 0.3) is 0 Å². The Morgan fingerprint density at radius 2 is 2.12 bits per heavy atom. The molecule has 1 aromatic rings. The molecule has 0 unspecified atom stereocenters. The highest BCUT2D eigenvalue weighted by atomic mass is 32.2. The van der Waals surface area contributed by atoms with E-state index >= 15 is 0 Å². The Labute approximate surface area is 106 Å². The molecule has 1 rings (SSSR count). The summed E-state index contributed by atoms with van der Waals surface area (Å²) in [5.74, 6) is 1.49. The predicted octanol–water partition coefficient (Wildman–Crippen LogP) is 1.35. The van der Waals surface area contributed by atoms with Crippen LogP contribution < -0.4 is 5.32 Å². The van der Waals surface area contributed by atoms with Crippen LogP contribution >= 0.6 is 11.8 Å². The minimum absolute atomic E-state index is 0.164. The average molecular weight is 275 g/mol. The molecule has 0 bridgehead atoms. The van der Waals surface area contributed by atoms with E-state index in [1.165, 1.54) is 24.3 Å². The summed E-state index contributed by atoms with van der Waals surface area (Å²) >= 11 is 1.44. The van der Waals surface area contributed by atoms with E-state index in [9.17, 15) is 8.42 Å². The van der Waals surface area contributed by atoms with E-state index in [4.69, 9.17) is 0 Å². The summed E-state index contributed by atoms with van der Waals surface area (Å²) < 4.78 is 22.0. The quantitative estimate of drug-likeness (QED) is 0.624. The number of aromatic nitrogens is 2. The standard InChI is InChI=1S/C10H17N3O2S2/c1-4-11-9-8(2)10(13-7-12-9)16-5-6-17(3,14)15/h7H,4-6H2,1-3H3,(H,11,12,13). The summed E-state index contributed by atoms with van der Waals surface area (Å²) in [6.45, 7) is 4.73. The molecule has 0 aliphatic heterocycles. The molecule has 96 valence electrons. The van der Waals surface area contributed by atoms with Crippen LogP contribution in [0.4, 0.5) is 5.82 Å². The molecule has 0 aromatic carbocycles. The second-order valence-corrected chi connectivity index (χ2v) is 7.00. The number of nitrogens with one attached hydrogen (secondary N) is 1. The molecule has 1 aromatic heterocycles. The van der Waals surface area contributed by atoms with Gasteiger partial charge in [0.2, 0.25) is 0 Å². The Balaban J connectivity index is 2.68. The third-order valence-electron chi connectivity index (χ3n) is 2.07. The Hall–Kier alpha value is -0.820. The van der Waals surface area contributed by atoms with Crippen LogP contribution in [0, 0.1) is 6.92 Å². The smallest absolute Gasteiger partial charge is 0.148 e. The molecule has 0 saturated heterocycles. The molecule has 5 nitrogen and oxygen atoms in total. The van der Waals surface area contributed by atoms with E-state index < -0.39 is 9.84 Å². The maximum absolute atomic E-state index is 11.0. The molecular formula is C10H17N3O2S2. The first-order valence-corrected chi connectivity index (χ1v) is 8.34. The van der Waals surface area contributed by atoms with Gasteiger partial charge in [-0.25, -0.2) is 18.4 Å². The normalized spacial score (nSPS) is 11.5. The van der Waals surface area contributed by atoms with Crippen LogP contribution in [0.25, 0.3) is 0 Å². The molecule has 1 N–H and O–H groups in total. The Morgan fingerprint density at radius 3 is 2.71 bits per heavy atom. The fourth-order valence-electron chi connectivity index (χ4n) is 1.21. The molecule has 1 heterocycles. The monoisotopic (exact) mass is 275 g/mol. The second kappa shape index (κ2) is 6.20. The van der Waals surface area contributed by atoms with Crippen molar-refractivity contribution in [1.29, 1.82) is 0 Å². The molecular weight excluding hydrogens is 258 g/mol.